The summed E-state index contributed by atoms with van der Waals surface area (Å²) in [5, 5.41) is 0.230. The summed E-state index contributed by atoms with van der Waals surface area (Å²) in [5.41, 5.74) is 8.23. The van der Waals surface area contributed by atoms with E-state index in [2.05, 4.69) is 39.1 Å². The fourth-order valence-corrected chi connectivity index (χ4v) is 4.68. The minimum atomic E-state index is 0.230. The number of nitrogens with zero attached hydrogens (tertiary/aromatic N) is 1. The van der Waals surface area contributed by atoms with Crippen molar-refractivity contribution >= 4 is 49.2 Å². The maximum Gasteiger partial charge on any atom is 0.151 e. The third kappa shape index (κ3) is 3.06. The third-order valence-electron chi connectivity index (χ3n) is 2.95. The highest BCUT2D eigenvalue weighted by Gasteiger charge is 2.14. The number of thioether (sulfide) groups is 1. The summed E-state index contributed by atoms with van der Waals surface area (Å²) in [6.45, 7) is 0.594. The van der Waals surface area contributed by atoms with Crippen molar-refractivity contribution in [3.8, 4) is 0 Å². The minimum Gasteiger partial charge on any atom is -0.329 e. The Morgan fingerprint density at radius 1 is 1.20 bits per heavy atom. The molecule has 0 fully saturated rings. The van der Waals surface area contributed by atoms with Gasteiger partial charge in [-0.3, -0.25) is 0 Å². The zero-order valence-electron chi connectivity index (χ0n) is 10.6. The van der Waals surface area contributed by atoms with Crippen LogP contribution in [-0.2, 0) is 0 Å². The van der Waals surface area contributed by atoms with Gasteiger partial charge in [-0.2, -0.15) is 0 Å². The maximum atomic E-state index is 5.94. The van der Waals surface area contributed by atoms with E-state index in [0.717, 1.165) is 14.3 Å². The average molecular weight is 365 g/mol. The van der Waals surface area contributed by atoms with Crippen LogP contribution in [0.4, 0.5) is 0 Å². The van der Waals surface area contributed by atoms with Crippen molar-refractivity contribution in [2.75, 3.05) is 6.54 Å². The summed E-state index contributed by atoms with van der Waals surface area (Å²) in [5.74, 6) is 0. The molecule has 3 aromatic rings. The van der Waals surface area contributed by atoms with Gasteiger partial charge >= 0.3 is 0 Å². The molecule has 0 amide bonds. The largest absolute Gasteiger partial charge is 0.329 e. The highest BCUT2D eigenvalue weighted by atomic mass is 79.9. The number of rotatable bonds is 4. The van der Waals surface area contributed by atoms with E-state index in [4.69, 9.17) is 5.73 Å². The Morgan fingerprint density at radius 2 is 2.05 bits per heavy atom. The zero-order chi connectivity index (χ0) is 13.9. The fourth-order valence-electron chi connectivity index (χ4n) is 1.98. The first-order chi connectivity index (χ1) is 9.76. The predicted molar refractivity (Wildman–Crippen MR) is 91.4 cm³/mol. The lowest BCUT2D eigenvalue weighted by molar-refractivity contribution is 0.939. The quantitative estimate of drug-likeness (QED) is 0.672. The number of hydrogen-bond acceptors (Lipinski definition) is 4. The second kappa shape index (κ2) is 6.26. The molecule has 0 bridgehead atoms. The van der Waals surface area contributed by atoms with Gasteiger partial charge in [-0.1, -0.05) is 52.0 Å². The number of benzene rings is 2. The minimum absolute atomic E-state index is 0.230. The van der Waals surface area contributed by atoms with Crippen LogP contribution in [0.1, 0.15) is 10.8 Å². The van der Waals surface area contributed by atoms with Gasteiger partial charge in [-0.05, 0) is 29.8 Å². The van der Waals surface area contributed by atoms with E-state index in [9.17, 15) is 0 Å². The number of nitrogens with two attached hydrogens (primary N) is 1. The van der Waals surface area contributed by atoms with E-state index in [0.29, 0.717) is 6.54 Å². The van der Waals surface area contributed by atoms with Crippen LogP contribution in [0.2, 0.25) is 0 Å². The summed E-state index contributed by atoms with van der Waals surface area (Å²) in [6, 6.07) is 16.5. The summed E-state index contributed by atoms with van der Waals surface area (Å²) in [4.78, 5) is 4.66. The van der Waals surface area contributed by atoms with Gasteiger partial charge in [0.05, 0.1) is 10.2 Å². The molecule has 1 atom stereocenters. The van der Waals surface area contributed by atoms with Gasteiger partial charge in [0, 0.05) is 16.3 Å². The van der Waals surface area contributed by atoms with Gasteiger partial charge in [-0.25, -0.2) is 4.98 Å². The van der Waals surface area contributed by atoms with Crippen molar-refractivity contribution in [2.45, 2.75) is 9.59 Å². The molecule has 2 N–H and O–H groups in total. The Morgan fingerprint density at radius 3 is 2.80 bits per heavy atom. The molecule has 1 aromatic heterocycles. The first kappa shape index (κ1) is 14.1. The molecule has 2 nitrogen and oxygen atoms in total. The van der Waals surface area contributed by atoms with E-state index >= 15 is 0 Å². The Labute approximate surface area is 134 Å². The SMILES string of the molecule is NCC(Sc1nc2ccccc2s1)c1cccc(Br)c1. The van der Waals surface area contributed by atoms with E-state index in [1.165, 1.54) is 10.3 Å². The van der Waals surface area contributed by atoms with Crippen LogP contribution < -0.4 is 5.73 Å². The molecular formula is C15H13BrN2S2. The molecule has 0 aliphatic heterocycles. The summed E-state index contributed by atoms with van der Waals surface area (Å²) in [7, 11) is 0. The second-order valence-electron chi connectivity index (χ2n) is 4.34. The highest BCUT2D eigenvalue weighted by Crippen LogP contribution is 2.39. The van der Waals surface area contributed by atoms with Crippen molar-refractivity contribution < 1.29 is 0 Å². The molecule has 0 spiro atoms. The molecule has 0 aliphatic carbocycles. The summed E-state index contributed by atoms with van der Waals surface area (Å²) < 4.78 is 3.37. The first-order valence-corrected chi connectivity index (χ1v) is 8.73. The van der Waals surface area contributed by atoms with Crippen LogP contribution in [0, 0.1) is 0 Å². The Bertz CT molecular complexity index is 693. The molecule has 0 saturated carbocycles. The lowest BCUT2D eigenvalue weighted by atomic mass is 10.1. The molecule has 0 aliphatic rings. The number of halogens is 1. The number of thiazole rings is 1. The molecule has 0 saturated heterocycles. The second-order valence-corrected chi connectivity index (χ2v) is 7.74. The topological polar surface area (TPSA) is 38.9 Å². The van der Waals surface area contributed by atoms with E-state index in [-0.39, 0.29) is 5.25 Å². The van der Waals surface area contributed by atoms with Gasteiger partial charge in [0.15, 0.2) is 4.34 Å². The van der Waals surface area contributed by atoms with Gasteiger partial charge in [-0.15, -0.1) is 11.3 Å². The van der Waals surface area contributed by atoms with Crippen molar-refractivity contribution in [1.82, 2.24) is 4.98 Å². The first-order valence-electron chi connectivity index (χ1n) is 6.24. The third-order valence-corrected chi connectivity index (χ3v) is 5.86. The molecular weight excluding hydrogens is 352 g/mol. The van der Waals surface area contributed by atoms with Gasteiger partial charge < -0.3 is 5.73 Å². The number of para-hydroxylation sites is 1. The summed E-state index contributed by atoms with van der Waals surface area (Å²) >= 11 is 6.97. The zero-order valence-corrected chi connectivity index (χ0v) is 13.8. The lowest BCUT2D eigenvalue weighted by Gasteiger charge is -2.13. The normalized spacial score (nSPS) is 12.7. The average Bonchev–Trinajstić information content (AvgIpc) is 2.87. The number of aromatic nitrogens is 1. The maximum absolute atomic E-state index is 5.94. The molecule has 3 rings (SSSR count). The Hall–Kier alpha value is -0.880. The van der Waals surface area contributed by atoms with E-state index in [1.807, 2.05) is 30.3 Å². The fraction of sp³-hybridized carbons (Fsp3) is 0.133. The number of hydrogen-bond donors (Lipinski definition) is 1. The molecule has 5 heteroatoms. The van der Waals surface area contributed by atoms with E-state index < -0.39 is 0 Å². The Balaban J connectivity index is 1.87. The molecule has 1 heterocycles. The molecule has 20 heavy (non-hydrogen) atoms. The Kier molecular flexibility index (Phi) is 4.41. The van der Waals surface area contributed by atoms with Gasteiger partial charge in [0.2, 0.25) is 0 Å². The van der Waals surface area contributed by atoms with Crippen LogP contribution in [0.15, 0.2) is 57.3 Å². The van der Waals surface area contributed by atoms with Crippen LogP contribution in [0.25, 0.3) is 10.2 Å². The monoisotopic (exact) mass is 364 g/mol. The molecule has 2 aromatic carbocycles. The molecule has 1 unspecified atom stereocenters. The molecule has 102 valence electrons. The van der Waals surface area contributed by atoms with Crippen molar-refractivity contribution in [3.05, 3.63) is 58.6 Å². The highest BCUT2D eigenvalue weighted by molar-refractivity contribution is 9.10. The van der Waals surface area contributed by atoms with Gasteiger partial charge in [0.25, 0.3) is 0 Å². The standard InChI is InChI=1S/C15H13BrN2S2/c16-11-5-3-4-10(8-11)14(9-17)20-15-18-12-6-1-2-7-13(12)19-15/h1-8,14H,9,17H2. The smallest absolute Gasteiger partial charge is 0.151 e. The van der Waals surface area contributed by atoms with Gasteiger partial charge in [0.1, 0.15) is 0 Å². The van der Waals surface area contributed by atoms with Crippen molar-refractivity contribution in [2.24, 2.45) is 5.73 Å². The van der Waals surface area contributed by atoms with Crippen molar-refractivity contribution in [3.63, 3.8) is 0 Å². The lowest BCUT2D eigenvalue weighted by Crippen LogP contribution is -2.09. The molecule has 0 radical (unpaired) electrons. The van der Waals surface area contributed by atoms with Crippen LogP contribution in [-0.4, -0.2) is 11.5 Å². The van der Waals surface area contributed by atoms with Crippen LogP contribution in [0.5, 0.6) is 0 Å². The van der Waals surface area contributed by atoms with E-state index in [1.54, 1.807) is 23.1 Å². The van der Waals surface area contributed by atoms with Crippen LogP contribution >= 0.6 is 39.0 Å². The summed E-state index contributed by atoms with van der Waals surface area (Å²) in [6.07, 6.45) is 0. The van der Waals surface area contributed by atoms with Crippen LogP contribution in [0.3, 0.4) is 0 Å². The van der Waals surface area contributed by atoms with Crippen molar-refractivity contribution in [1.29, 1.82) is 0 Å². The predicted octanol–water partition coefficient (Wildman–Crippen LogP) is 4.85. The number of fused-ring (bicyclic) bond motifs is 1.